The Hall–Kier alpha value is -3.06. The van der Waals surface area contributed by atoms with Crippen LogP contribution in [0.25, 0.3) is 11.0 Å². The molecule has 1 aliphatic rings. The molecule has 0 spiro atoms. The molecular weight excluding hydrogens is 450 g/mol. The maximum absolute atomic E-state index is 13.4. The third-order valence-corrected chi connectivity index (χ3v) is 5.68. The highest BCUT2D eigenvalue weighted by molar-refractivity contribution is 9.10. The van der Waals surface area contributed by atoms with Crippen molar-refractivity contribution in [1.82, 2.24) is 4.90 Å². The van der Waals surface area contributed by atoms with Crippen molar-refractivity contribution in [1.29, 1.82) is 0 Å². The van der Waals surface area contributed by atoms with Crippen molar-refractivity contribution in [2.75, 3.05) is 6.54 Å². The summed E-state index contributed by atoms with van der Waals surface area (Å²) in [5, 5.41) is 21.3. The van der Waals surface area contributed by atoms with Gasteiger partial charge in [0.05, 0.1) is 11.6 Å². The summed E-state index contributed by atoms with van der Waals surface area (Å²) in [5.74, 6) is -1.67. The van der Waals surface area contributed by atoms with Crippen LogP contribution < -0.4 is 0 Å². The van der Waals surface area contributed by atoms with Crippen LogP contribution in [0.15, 0.2) is 68.8 Å². The van der Waals surface area contributed by atoms with E-state index < -0.39 is 23.5 Å². The lowest BCUT2D eigenvalue weighted by molar-refractivity contribution is -0.129. The van der Waals surface area contributed by atoms with Crippen LogP contribution in [0, 0.1) is 0 Å². The lowest BCUT2D eigenvalue weighted by Gasteiger charge is -2.26. The highest BCUT2D eigenvalue weighted by Crippen LogP contribution is 2.40. The van der Waals surface area contributed by atoms with Gasteiger partial charge in [-0.15, -0.1) is 0 Å². The summed E-state index contributed by atoms with van der Waals surface area (Å²) in [5.41, 5.74) is 1.04. The number of hydrogen-bond acceptors (Lipinski definition) is 5. The first-order valence-electron chi connectivity index (χ1n) is 9.67. The Balaban J connectivity index is 1.81. The van der Waals surface area contributed by atoms with Crippen LogP contribution in [0.1, 0.15) is 41.9 Å². The van der Waals surface area contributed by atoms with Gasteiger partial charge in [-0.1, -0.05) is 41.4 Å². The number of aliphatic hydroxyl groups is 1. The summed E-state index contributed by atoms with van der Waals surface area (Å²) < 4.78 is 6.55. The third-order valence-electron chi connectivity index (χ3n) is 5.19. The minimum Gasteiger partial charge on any atom is -0.508 e. The van der Waals surface area contributed by atoms with E-state index >= 15 is 0 Å². The zero-order chi connectivity index (χ0) is 21.4. The maximum atomic E-state index is 13.4. The standard InChI is InChI=1S/C23H20BrNO5/c1-2-3-9-25-20(13-5-4-6-16(26)11-13)19(22(28)23(25)29)21(27)18-12-14-10-15(24)7-8-17(14)30-18/h4-8,10-12,20,26,28H,2-3,9H2,1H3. The first-order chi connectivity index (χ1) is 14.4. The summed E-state index contributed by atoms with van der Waals surface area (Å²) in [6, 6.07) is 12.5. The Morgan fingerprint density at radius 1 is 1.17 bits per heavy atom. The van der Waals surface area contributed by atoms with Crippen molar-refractivity contribution >= 4 is 38.6 Å². The Bertz CT molecular complexity index is 1180. The quantitative estimate of drug-likeness (QED) is 0.479. The molecule has 6 nitrogen and oxygen atoms in total. The van der Waals surface area contributed by atoms with E-state index in [2.05, 4.69) is 15.9 Å². The van der Waals surface area contributed by atoms with E-state index in [1.54, 1.807) is 30.3 Å². The number of Topliss-reactive ketones (excluding diaryl/α,β-unsaturated/α-hetero) is 1. The van der Waals surface area contributed by atoms with Gasteiger partial charge in [-0.25, -0.2) is 0 Å². The molecule has 1 aromatic heterocycles. The highest BCUT2D eigenvalue weighted by atomic mass is 79.9. The number of amides is 1. The zero-order valence-electron chi connectivity index (χ0n) is 16.3. The number of unbranched alkanes of at least 4 members (excludes halogenated alkanes) is 1. The Morgan fingerprint density at radius 3 is 2.70 bits per heavy atom. The number of phenols is 1. The minimum atomic E-state index is -0.802. The monoisotopic (exact) mass is 469 g/mol. The fourth-order valence-corrected chi connectivity index (χ4v) is 4.12. The fraction of sp³-hybridized carbons (Fsp3) is 0.217. The van der Waals surface area contributed by atoms with Crippen molar-refractivity contribution < 1.29 is 24.2 Å². The molecule has 0 saturated carbocycles. The van der Waals surface area contributed by atoms with Crippen LogP contribution >= 0.6 is 15.9 Å². The van der Waals surface area contributed by atoms with E-state index in [1.807, 2.05) is 13.0 Å². The highest BCUT2D eigenvalue weighted by Gasteiger charge is 2.44. The van der Waals surface area contributed by atoms with E-state index in [1.165, 1.54) is 17.0 Å². The van der Waals surface area contributed by atoms with Gasteiger partial charge in [0.15, 0.2) is 11.5 Å². The summed E-state index contributed by atoms with van der Waals surface area (Å²) in [4.78, 5) is 27.7. The van der Waals surface area contributed by atoms with Gasteiger partial charge in [-0.2, -0.15) is 0 Å². The number of furan rings is 1. The number of halogens is 1. The maximum Gasteiger partial charge on any atom is 0.290 e. The molecule has 1 aliphatic heterocycles. The molecule has 2 heterocycles. The first kappa shape index (κ1) is 20.2. The predicted molar refractivity (Wildman–Crippen MR) is 115 cm³/mol. The molecule has 0 aliphatic carbocycles. The van der Waals surface area contributed by atoms with Gasteiger partial charge in [0.25, 0.3) is 5.91 Å². The molecule has 0 bridgehead atoms. The van der Waals surface area contributed by atoms with Gasteiger partial charge in [0.2, 0.25) is 5.78 Å². The van der Waals surface area contributed by atoms with Crippen LogP contribution in [-0.2, 0) is 4.79 Å². The first-order valence-corrected chi connectivity index (χ1v) is 10.5. The van der Waals surface area contributed by atoms with Gasteiger partial charge in [-0.05, 0) is 48.4 Å². The minimum absolute atomic E-state index is 0.0159. The number of rotatable bonds is 6. The summed E-state index contributed by atoms with van der Waals surface area (Å²) in [7, 11) is 0. The number of carbonyl (C=O) groups is 2. The number of fused-ring (bicyclic) bond motifs is 1. The van der Waals surface area contributed by atoms with E-state index in [0.717, 1.165) is 16.3 Å². The van der Waals surface area contributed by atoms with Crippen LogP contribution in [0.4, 0.5) is 0 Å². The Morgan fingerprint density at radius 2 is 1.97 bits per heavy atom. The van der Waals surface area contributed by atoms with Gasteiger partial charge >= 0.3 is 0 Å². The van der Waals surface area contributed by atoms with Crippen molar-refractivity contribution in [3.8, 4) is 5.75 Å². The molecule has 154 valence electrons. The smallest absolute Gasteiger partial charge is 0.290 e. The fourth-order valence-electron chi connectivity index (χ4n) is 3.74. The Kier molecular flexibility index (Phi) is 5.39. The van der Waals surface area contributed by atoms with Crippen molar-refractivity contribution in [3.05, 3.63) is 75.7 Å². The lowest BCUT2D eigenvalue weighted by Crippen LogP contribution is -2.32. The Labute approximate surface area is 181 Å². The number of hydrogen-bond donors (Lipinski definition) is 2. The SMILES string of the molecule is CCCCN1C(=O)C(O)=C(C(=O)c2cc3cc(Br)ccc3o2)C1c1cccc(O)c1. The summed E-state index contributed by atoms with van der Waals surface area (Å²) in [6.45, 7) is 2.37. The number of carbonyl (C=O) groups excluding carboxylic acids is 2. The van der Waals surface area contributed by atoms with Gasteiger partial charge < -0.3 is 19.5 Å². The summed E-state index contributed by atoms with van der Waals surface area (Å²) >= 11 is 3.39. The number of ketones is 1. The number of nitrogens with zero attached hydrogens (tertiary/aromatic N) is 1. The van der Waals surface area contributed by atoms with Gasteiger partial charge in [0.1, 0.15) is 11.3 Å². The molecule has 30 heavy (non-hydrogen) atoms. The average molecular weight is 470 g/mol. The number of phenolic OH excluding ortho intramolecular Hbond substituents is 1. The number of benzene rings is 2. The van der Waals surface area contributed by atoms with Crippen molar-refractivity contribution in [2.45, 2.75) is 25.8 Å². The molecule has 1 atom stereocenters. The number of aliphatic hydroxyl groups excluding tert-OH is 1. The molecule has 0 fully saturated rings. The van der Waals surface area contributed by atoms with E-state index in [0.29, 0.717) is 24.1 Å². The van der Waals surface area contributed by atoms with E-state index in [9.17, 15) is 19.8 Å². The molecule has 2 aromatic carbocycles. The van der Waals surface area contributed by atoms with Crippen molar-refractivity contribution in [3.63, 3.8) is 0 Å². The summed E-state index contributed by atoms with van der Waals surface area (Å²) in [6.07, 6.45) is 1.56. The molecule has 4 rings (SSSR count). The van der Waals surface area contributed by atoms with Crippen molar-refractivity contribution in [2.24, 2.45) is 0 Å². The molecular formula is C23H20BrNO5. The topological polar surface area (TPSA) is 91.0 Å². The van der Waals surface area contributed by atoms with Gasteiger partial charge in [0, 0.05) is 16.4 Å². The second-order valence-electron chi connectivity index (χ2n) is 7.23. The second-order valence-corrected chi connectivity index (χ2v) is 8.15. The molecule has 0 saturated heterocycles. The molecule has 0 radical (unpaired) electrons. The zero-order valence-corrected chi connectivity index (χ0v) is 17.8. The van der Waals surface area contributed by atoms with E-state index in [-0.39, 0.29) is 17.1 Å². The van der Waals surface area contributed by atoms with Crippen LogP contribution in [-0.4, -0.2) is 33.3 Å². The van der Waals surface area contributed by atoms with E-state index in [4.69, 9.17) is 4.42 Å². The normalized spacial score (nSPS) is 16.7. The lowest BCUT2D eigenvalue weighted by atomic mass is 9.94. The van der Waals surface area contributed by atoms with Crippen LogP contribution in [0.3, 0.4) is 0 Å². The predicted octanol–water partition coefficient (Wildman–Crippen LogP) is 5.28. The molecule has 7 heteroatoms. The number of aromatic hydroxyl groups is 1. The van der Waals surface area contributed by atoms with Crippen LogP contribution in [0.2, 0.25) is 0 Å². The third kappa shape index (κ3) is 3.50. The molecule has 1 amide bonds. The van der Waals surface area contributed by atoms with Gasteiger partial charge in [-0.3, -0.25) is 9.59 Å². The molecule has 3 aromatic rings. The molecule has 1 unspecified atom stereocenters. The average Bonchev–Trinajstić information content (AvgIpc) is 3.25. The largest absolute Gasteiger partial charge is 0.508 e. The molecule has 2 N–H and O–H groups in total. The second kappa shape index (κ2) is 7.99. The van der Waals surface area contributed by atoms with Crippen LogP contribution in [0.5, 0.6) is 5.75 Å².